The summed E-state index contributed by atoms with van der Waals surface area (Å²) in [5.41, 5.74) is 0.289. The minimum absolute atomic E-state index is 0.176. The van der Waals surface area contributed by atoms with Crippen LogP contribution in [0.1, 0.15) is 33.3 Å². The van der Waals surface area contributed by atoms with E-state index >= 15 is 0 Å². The van der Waals surface area contributed by atoms with Gasteiger partial charge in [-0.05, 0) is 11.8 Å². The van der Waals surface area contributed by atoms with Crippen molar-refractivity contribution in [3.8, 4) is 6.07 Å². The van der Waals surface area contributed by atoms with Crippen molar-refractivity contribution in [3.05, 3.63) is 10.7 Å². The molecule has 0 radical (unpaired) electrons. The fourth-order valence-corrected chi connectivity index (χ4v) is 1.55. The molecule has 0 spiro atoms. The predicted molar refractivity (Wildman–Crippen MR) is 78.4 cm³/mol. The molecule has 6 heteroatoms. The van der Waals surface area contributed by atoms with E-state index in [2.05, 4.69) is 48.3 Å². The molecule has 0 atom stereocenters. The van der Waals surface area contributed by atoms with Crippen molar-refractivity contribution >= 4 is 23.4 Å². The lowest BCUT2D eigenvalue weighted by Crippen LogP contribution is -2.15. The van der Waals surface area contributed by atoms with Gasteiger partial charge in [-0.3, -0.25) is 0 Å². The highest BCUT2D eigenvalue weighted by Crippen LogP contribution is 2.22. The monoisotopic (exact) mass is 281 g/mol. The maximum absolute atomic E-state index is 9.10. The lowest BCUT2D eigenvalue weighted by atomic mass is 10.2. The number of hydrogen-bond donors (Lipinski definition) is 2. The zero-order chi connectivity index (χ0) is 14.4. The summed E-state index contributed by atoms with van der Waals surface area (Å²) in [7, 11) is 0. The first-order valence-electron chi connectivity index (χ1n) is 6.39. The Bertz CT molecular complexity index is 465. The summed E-state index contributed by atoms with van der Waals surface area (Å²) >= 11 is 6.01. The zero-order valence-electron chi connectivity index (χ0n) is 11.8. The van der Waals surface area contributed by atoms with E-state index in [1.165, 1.54) is 0 Å². The van der Waals surface area contributed by atoms with E-state index in [4.69, 9.17) is 16.9 Å². The fourth-order valence-electron chi connectivity index (χ4n) is 1.34. The molecule has 1 aromatic rings. The van der Waals surface area contributed by atoms with Gasteiger partial charge in [-0.25, -0.2) is 0 Å². The van der Waals surface area contributed by atoms with E-state index in [9.17, 15) is 0 Å². The fraction of sp³-hybridized carbons (Fsp3) is 0.615. The van der Waals surface area contributed by atoms with Crippen LogP contribution in [0.25, 0.3) is 0 Å². The molecule has 0 fully saturated rings. The van der Waals surface area contributed by atoms with Gasteiger partial charge in [0.05, 0.1) is 0 Å². The maximum Gasteiger partial charge on any atom is 0.226 e. The van der Waals surface area contributed by atoms with Gasteiger partial charge in [0.25, 0.3) is 0 Å². The van der Waals surface area contributed by atoms with Crippen molar-refractivity contribution in [2.75, 3.05) is 23.7 Å². The molecule has 1 aromatic heterocycles. The minimum atomic E-state index is 0.176. The standard InChI is InChI=1S/C13H20ClN5/c1-8(2)6-16-12-10(5-15)11(14)18-13(19-12)17-7-9(3)4/h8-9H,6-7H2,1-4H3,(H2,16,17,18,19). The van der Waals surface area contributed by atoms with E-state index in [1.54, 1.807) is 0 Å². The summed E-state index contributed by atoms with van der Waals surface area (Å²) in [4.78, 5) is 8.39. The number of aromatic nitrogens is 2. The third kappa shape index (κ3) is 4.92. The molecule has 0 aromatic carbocycles. The number of rotatable bonds is 6. The van der Waals surface area contributed by atoms with Crippen LogP contribution in [0.5, 0.6) is 0 Å². The molecule has 2 N–H and O–H groups in total. The lowest BCUT2D eigenvalue weighted by Gasteiger charge is -2.13. The molecule has 0 unspecified atom stereocenters. The van der Waals surface area contributed by atoms with E-state index in [1.807, 2.05) is 6.07 Å². The smallest absolute Gasteiger partial charge is 0.226 e. The molecule has 0 aliphatic heterocycles. The Morgan fingerprint density at radius 3 is 2.21 bits per heavy atom. The first kappa shape index (κ1) is 15.5. The molecular weight excluding hydrogens is 262 g/mol. The highest BCUT2D eigenvalue weighted by atomic mass is 35.5. The Kier molecular flexibility index (Phi) is 5.84. The molecule has 1 heterocycles. The van der Waals surface area contributed by atoms with E-state index in [-0.39, 0.29) is 10.7 Å². The highest BCUT2D eigenvalue weighted by Gasteiger charge is 2.13. The van der Waals surface area contributed by atoms with Gasteiger partial charge in [0, 0.05) is 13.1 Å². The van der Waals surface area contributed by atoms with Crippen LogP contribution >= 0.6 is 11.6 Å². The van der Waals surface area contributed by atoms with Gasteiger partial charge in [-0.1, -0.05) is 39.3 Å². The Balaban J connectivity index is 2.94. The summed E-state index contributed by atoms with van der Waals surface area (Å²) in [5.74, 6) is 1.86. The van der Waals surface area contributed by atoms with Gasteiger partial charge in [0.15, 0.2) is 11.0 Å². The molecule has 0 aliphatic carbocycles. The Morgan fingerprint density at radius 2 is 1.68 bits per heavy atom. The summed E-state index contributed by atoms with van der Waals surface area (Å²) < 4.78 is 0. The Morgan fingerprint density at radius 1 is 1.11 bits per heavy atom. The first-order chi connectivity index (χ1) is 8.93. The van der Waals surface area contributed by atoms with Crippen LogP contribution in [0.4, 0.5) is 11.8 Å². The van der Waals surface area contributed by atoms with Crippen LogP contribution in [0.15, 0.2) is 0 Å². The van der Waals surface area contributed by atoms with E-state index < -0.39 is 0 Å². The van der Waals surface area contributed by atoms with Crippen molar-refractivity contribution < 1.29 is 0 Å². The number of nitriles is 1. The van der Waals surface area contributed by atoms with Crippen molar-refractivity contribution in [2.24, 2.45) is 11.8 Å². The van der Waals surface area contributed by atoms with Gasteiger partial charge in [-0.15, -0.1) is 0 Å². The quantitative estimate of drug-likeness (QED) is 0.784. The molecule has 0 saturated carbocycles. The normalized spacial score (nSPS) is 10.6. The van der Waals surface area contributed by atoms with Crippen LogP contribution in [0.3, 0.4) is 0 Å². The number of halogens is 1. The average molecular weight is 282 g/mol. The second-order valence-electron chi connectivity index (χ2n) is 5.22. The van der Waals surface area contributed by atoms with Crippen molar-refractivity contribution in [3.63, 3.8) is 0 Å². The topological polar surface area (TPSA) is 73.6 Å². The van der Waals surface area contributed by atoms with E-state index in [0.717, 1.165) is 13.1 Å². The van der Waals surface area contributed by atoms with Crippen LogP contribution in [-0.2, 0) is 0 Å². The lowest BCUT2D eigenvalue weighted by molar-refractivity contribution is 0.681. The second-order valence-corrected chi connectivity index (χ2v) is 5.58. The zero-order valence-corrected chi connectivity index (χ0v) is 12.5. The molecule has 0 amide bonds. The van der Waals surface area contributed by atoms with Crippen LogP contribution in [0.2, 0.25) is 5.15 Å². The number of anilines is 2. The van der Waals surface area contributed by atoms with Crippen LogP contribution in [-0.4, -0.2) is 23.1 Å². The van der Waals surface area contributed by atoms with E-state index in [0.29, 0.717) is 23.6 Å². The Labute approximate surface area is 119 Å². The summed E-state index contributed by atoms with van der Waals surface area (Å²) in [6.45, 7) is 9.84. The molecule has 1 rings (SSSR count). The Hall–Kier alpha value is -1.54. The largest absolute Gasteiger partial charge is 0.369 e. The SMILES string of the molecule is CC(C)CNc1nc(Cl)c(C#N)c(NCC(C)C)n1. The average Bonchev–Trinajstić information content (AvgIpc) is 2.33. The number of hydrogen-bond acceptors (Lipinski definition) is 5. The van der Waals surface area contributed by atoms with Crippen molar-refractivity contribution in [1.29, 1.82) is 5.26 Å². The van der Waals surface area contributed by atoms with Crippen LogP contribution in [0, 0.1) is 23.2 Å². The molecule has 0 saturated heterocycles. The molecule has 104 valence electrons. The van der Waals surface area contributed by atoms with Crippen LogP contribution < -0.4 is 10.6 Å². The number of nitrogens with zero attached hydrogens (tertiary/aromatic N) is 3. The molecule has 19 heavy (non-hydrogen) atoms. The molecular formula is C13H20ClN5. The maximum atomic E-state index is 9.10. The third-order valence-corrected chi connectivity index (χ3v) is 2.60. The predicted octanol–water partition coefficient (Wildman–Crippen LogP) is 3.14. The van der Waals surface area contributed by atoms with Gasteiger partial charge in [-0.2, -0.15) is 15.2 Å². The summed E-state index contributed by atoms with van der Waals surface area (Å²) in [5, 5.41) is 15.5. The van der Waals surface area contributed by atoms with Gasteiger partial charge < -0.3 is 10.6 Å². The second kappa shape index (κ2) is 7.15. The van der Waals surface area contributed by atoms with Crippen molar-refractivity contribution in [2.45, 2.75) is 27.7 Å². The van der Waals surface area contributed by atoms with Crippen molar-refractivity contribution in [1.82, 2.24) is 9.97 Å². The minimum Gasteiger partial charge on any atom is -0.369 e. The highest BCUT2D eigenvalue weighted by molar-refractivity contribution is 6.31. The third-order valence-electron chi connectivity index (χ3n) is 2.32. The number of nitrogens with one attached hydrogen (secondary N) is 2. The first-order valence-corrected chi connectivity index (χ1v) is 6.77. The van der Waals surface area contributed by atoms with Gasteiger partial charge in [0.1, 0.15) is 11.6 Å². The summed E-state index contributed by atoms with van der Waals surface area (Å²) in [6, 6.07) is 2.03. The van der Waals surface area contributed by atoms with Gasteiger partial charge >= 0.3 is 0 Å². The summed E-state index contributed by atoms with van der Waals surface area (Å²) in [6.07, 6.45) is 0. The molecule has 0 aliphatic rings. The molecule has 5 nitrogen and oxygen atoms in total. The van der Waals surface area contributed by atoms with Gasteiger partial charge in [0.2, 0.25) is 5.95 Å². The molecule has 0 bridgehead atoms.